The highest BCUT2D eigenvalue weighted by molar-refractivity contribution is 5.01. The summed E-state index contributed by atoms with van der Waals surface area (Å²) in [5.41, 5.74) is 0. The summed E-state index contributed by atoms with van der Waals surface area (Å²) >= 11 is 0. The third-order valence-electron chi connectivity index (χ3n) is 2.39. The Bertz CT molecular complexity index is 278. The lowest BCUT2D eigenvalue weighted by atomic mass is 10.2. The second-order valence-electron chi connectivity index (χ2n) is 3.63. The minimum Gasteiger partial charge on any atom is -0.476 e. The number of aromatic amines is 1. The lowest BCUT2D eigenvalue weighted by molar-refractivity contribution is 0.174. The molecule has 15 heavy (non-hydrogen) atoms. The van der Waals surface area contributed by atoms with E-state index in [4.69, 9.17) is 9.84 Å². The number of hydrogen-bond donors (Lipinski definition) is 4. The summed E-state index contributed by atoms with van der Waals surface area (Å²) in [6.45, 7) is 2.36. The fraction of sp³-hybridized carbons (Fsp3) is 0.667. The van der Waals surface area contributed by atoms with Crippen molar-refractivity contribution in [3.8, 4) is 5.88 Å². The number of piperazine rings is 1. The second kappa shape index (κ2) is 5.11. The molecule has 1 fully saturated rings. The number of nitrogens with one attached hydrogen (secondary N) is 3. The smallest absolute Gasteiger partial charge is 0.210 e. The number of nitrogens with zero attached hydrogens (tertiary/aromatic N) is 1. The molecular formula is C9H16N4O2. The standard InChI is InChI=1S/C9H16N4O2/c14-4-7-1-10-2-8(13-7)5-15-9-3-11-6-12-9/h3,6-8,10,13-14H,1-2,4-5H2,(H,11,12). The molecule has 0 aromatic carbocycles. The van der Waals surface area contributed by atoms with Gasteiger partial charge in [-0.2, -0.15) is 0 Å². The molecule has 6 heteroatoms. The minimum atomic E-state index is 0.120. The van der Waals surface area contributed by atoms with Crippen molar-refractivity contribution in [1.29, 1.82) is 0 Å². The summed E-state index contributed by atoms with van der Waals surface area (Å²) < 4.78 is 5.48. The molecule has 0 radical (unpaired) electrons. The van der Waals surface area contributed by atoms with E-state index in [1.165, 1.54) is 0 Å². The maximum Gasteiger partial charge on any atom is 0.210 e. The van der Waals surface area contributed by atoms with E-state index in [0.717, 1.165) is 13.1 Å². The zero-order chi connectivity index (χ0) is 10.5. The van der Waals surface area contributed by atoms with Gasteiger partial charge in [-0.05, 0) is 0 Å². The van der Waals surface area contributed by atoms with Gasteiger partial charge in [-0.15, -0.1) is 0 Å². The van der Waals surface area contributed by atoms with Gasteiger partial charge in [0.1, 0.15) is 6.61 Å². The van der Waals surface area contributed by atoms with E-state index in [-0.39, 0.29) is 18.7 Å². The number of imidazole rings is 1. The number of rotatable bonds is 4. The number of aliphatic hydroxyl groups is 1. The van der Waals surface area contributed by atoms with E-state index in [1.807, 2.05) is 0 Å². The third kappa shape index (κ3) is 2.92. The molecule has 1 aliphatic rings. The number of hydrogen-bond acceptors (Lipinski definition) is 5. The Balaban J connectivity index is 1.74. The molecule has 2 rings (SSSR count). The van der Waals surface area contributed by atoms with Crippen LogP contribution in [-0.4, -0.2) is 53.5 Å². The van der Waals surface area contributed by atoms with Crippen LogP contribution in [0, 0.1) is 0 Å². The van der Waals surface area contributed by atoms with Gasteiger partial charge in [-0.1, -0.05) is 0 Å². The summed E-state index contributed by atoms with van der Waals surface area (Å²) in [6.07, 6.45) is 3.22. The molecule has 1 aromatic rings. The molecule has 0 amide bonds. The molecular weight excluding hydrogens is 196 g/mol. The van der Waals surface area contributed by atoms with Crippen molar-refractivity contribution in [3.05, 3.63) is 12.5 Å². The Labute approximate surface area is 88.1 Å². The summed E-state index contributed by atoms with van der Waals surface area (Å²) in [5.74, 6) is 0.669. The SMILES string of the molecule is OCC1CNCC(COc2cnc[nH]2)N1. The molecule has 0 spiro atoms. The van der Waals surface area contributed by atoms with Crippen molar-refractivity contribution in [2.75, 3.05) is 26.3 Å². The fourth-order valence-electron chi connectivity index (χ4n) is 1.62. The Kier molecular flexibility index (Phi) is 3.54. The summed E-state index contributed by atoms with van der Waals surface area (Å²) in [6, 6.07) is 0.341. The molecule has 1 aliphatic heterocycles. The van der Waals surface area contributed by atoms with Crippen molar-refractivity contribution in [1.82, 2.24) is 20.6 Å². The quantitative estimate of drug-likeness (QED) is 0.499. The molecule has 1 aromatic heterocycles. The minimum absolute atomic E-state index is 0.120. The van der Waals surface area contributed by atoms with Crippen LogP contribution in [0.5, 0.6) is 5.88 Å². The molecule has 2 atom stereocenters. The monoisotopic (exact) mass is 212 g/mol. The van der Waals surface area contributed by atoms with Gasteiger partial charge in [-0.3, -0.25) is 0 Å². The van der Waals surface area contributed by atoms with E-state index in [2.05, 4.69) is 20.6 Å². The van der Waals surface area contributed by atoms with E-state index in [9.17, 15) is 0 Å². The zero-order valence-corrected chi connectivity index (χ0v) is 8.44. The van der Waals surface area contributed by atoms with E-state index < -0.39 is 0 Å². The molecule has 0 saturated carbocycles. The highest BCUT2D eigenvalue weighted by Gasteiger charge is 2.20. The second-order valence-corrected chi connectivity index (χ2v) is 3.63. The highest BCUT2D eigenvalue weighted by Crippen LogP contribution is 2.03. The Hall–Kier alpha value is -1.11. The lowest BCUT2D eigenvalue weighted by Gasteiger charge is -2.30. The molecule has 4 N–H and O–H groups in total. The van der Waals surface area contributed by atoms with Crippen molar-refractivity contribution in [2.45, 2.75) is 12.1 Å². The number of aliphatic hydroxyl groups excluding tert-OH is 1. The van der Waals surface area contributed by atoms with Crippen molar-refractivity contribution in [2.24, 2.45) is 0 Å². The van der Waals surface area contributed by atoms with Gasteiger partial charge in [0.15, 0.2) is 0 Å². The Morgan fingerprint density at radius 3 is 3.07 bits per heavy atom. The van der Waals surface area contributed by atoms with Crippen LogP contribution in [0.4, 0.5) is 0 Å². The van der Waals surface area contributed by atoms with Crippen molar-refractivity contribution < 1.29 is 9.84 Å². The largest absolute Gasteiger partial charge is 0.476 e. The number of ether oxygens (including phenoxy) is 1. The number of aromatic nitrogens is 2. The van der Waals surface area contributed by atoms with Gasteiger partial charge < -0.3 is 25.5 Å². The van der Waals surface area contributed by atoms with Gasteiger partial charge in [0.2, 0.25) is 5.88 Å². The fourth-order valence-corrected chi connectivity index (χ4v) is 1.62. The first-order valence-electron chi connectivity index (χ1n) is 5.07. The first-order chi connectivity index (χ1) is 7.38. The first kappa shape index (κ1) is 10.4. The molecule has 2 unspecified atom stereocenters. The molecule has 1 saturated heterocycles. The van der Waals surface area contributed by atoms with Gasteiger partial charge in [-0.25, -0.2) is 4.98 Å². The van der Waals surface area contributed by atoms with Crippen molar-refractivity contribution >= 4 is 0 Å². The Morgan fingerprint density at radius 1 is 1.47 bits per heavy atom. The van der Waals surface area contributed by atoms with Crippen LogP contribution in [0.15, 0.2) is 12.5 Å². The molecule has 0 bridgehead atoms. The zero-order valence-electron chi connectivity index (χ0n) is 8.44. The van der Waals surface area contributed by atoms with Crippen LogP contribution < -0.4 is 15.4 Å². The predicted molar refractivity (Wildman–Crippen MR) is 54.7 cm³/mol. The molecule has 6 nitrogen and oxygen atoms in total. The maximum atomic E-state index is 9.00. The summed E-state index contributed by atoms with van der Waals surface area (Å²) in [7, 11) is 0. The van der Waals surface area contributed by atoms with Gasteiger partial charge in [0.05, 0.1) is 25.2 Å². The van der Waals surface area contributed by atoms with Crippen LogP contribution in [0.25, 0.3) is 0 Å². The van der Waals surface area contributed by atoms with Crippen LogP contribution >= 0.6 is 0 Å². The highest BCUT2D eigenvalue weighted by atomic mass is 16.5. The third-order valence-corrected chi connectivity index (χ3v) is 2.39. The summed E-state index contributed by atoms with van der Waals surface area (Å²) in [4.78, 5) is 6.73. The normalized spacial score (nSPS) is 26.5. The van der Waals surface area contributed by atoms with Crippen molar-refractivity contribution in [3.63, 3.8) is 0 Å². The van der Waals surface area contributed by atoms with E-state index in [1.54, 1.807) is 12.5 Å². The number of H-pyrrole nitrogens is 1. The van der Waals surface area contributed by atoms with Crippen LogP contribution in [0.1, 0.15) is 0 Å². The van der Waals surface area contributed by atoms with Gasteiger partial charge in [0, 0.05) is 19.1 Å². The predicted octanol–water partition coefficient (Wildman–Crippen LogP) is -1.29. The van der Waals surface area contributed by atoms with Gasteiger partial charge in [0.25, 0.3) is 0 Å². The lowest BCUT2D eigenvalue weighted by Crippen LogP contribution is -2.58. The van der Waals surface area contributed by atoms with E-state index in [0.29, 0.717) is 12.5 Å². The Morgan fingerprint density at radius 2 is 2.33 bits per heavy atom. The van der Waals surface area contributed by atoms with Crippen LogP contribution in [-0.2, 0) is 0 Å². The average Bonchev–Trinajstić information content (AvgIpc) is 2.79. The molecule has 84 valence electrons. The summed E-state index contributed by atoms with van der Waals surface area (Å²) in [5, 5.41) is 15.5. The molecule has 0 aliphatic carbocycles. The van der Waals surface area contributed by atoms with Crippen LogP contribution in [0.2, 0.25) is 0 Å². The topological polar surface area (TPSA) is 82.2 Å². The molecule has 2 heterocycles. The van der Waals surface area contributed by atoms with E-state index >= 15 is 0 Å². The average molecular weight is 212 g/mol. The van der Waals surface area contributed by atoms with Crippen LogP contribution in [0.3, 0.4) is 0 Å². The first-order valence-corrected chi connectivity index (χ1v) is 5.07. The maximum absolute atomic E-state index is 9.00. The van der Waals surface area contributed by atoms with Gasteiger partial charge >= 0.3 is 0 Å².